The van der Waals surface area contributed by atoms with E-state index in [0.29, 0.717) is 5.02 Å². The van der Waals surface area contributed by atoms with E-state index in [-0.39, 0.29) is 12.2 Å². The Balaban J connectivity index is 1.75. The highest BCUT2D eigenvalue weighted by Crippen LogP contribution is 2.37. The van der Waals surface area contributed by atoms with Gasteiger partial charge in [-0.1, -0.05) is 41.9 Å². The third kappa shape index (κ3) is 3.44. The molecule has 2 atom stereocenters. The zero-order valence-corrected chi connectivity index (χ0v) is 17.8. The molecule has 1 fully saturated rings. The van der Waals surface area contributed by atoms with Gasteiger partial charge in [-0.15, -0.1) is 0 Å². The van der Waals surface area contributed by atoms with Gasteiger partial charge in [-0.05, 0) is 43.7 Å². The Morgan fingerprint density at radius 1 is 0.933 bits per heavy atom. The van der Waals surface area contributed by atoms with Crippen LogP contribution in [0.3, 0.4) is 0 Å². The summed E-state index contributed by atoms with van der Waals surface area (Å²) in [6, 6.07) is 18.2. The van der Waals surface area contributed by atoms with Crippen LogP contribution < -0.4 is 4.90 Å². The normalized spacial score (nSPS) is 19.4. The second kappa shape index (κ2) is 7.74. The number of nitrogens with zero attached hydrogens (tertiary/aromatic N) is 4. The van der Waals surface area contributed by atoms with Crippen molar-refractivity contribution in [3.05, 3.63) is 72.1 Å². The Morgan fingerprint density at radius 3 is 2.33 bits per heavy atom. The number of anilines is 1. The van der Waals surface area contributed by atoms with E-state index in [9.17, 15) is 0 Å². The first-order valence-corrected chi connectivity index (χ1v) is 10.6. The van der Waals surface area contributed by atoms with E-state index >= 15 is 0 Å². The standard InChI is InChI=1S/C24H23ClN4O/c1-16-12-28(13-17(2)30-16)23-22-21(18-6-4-3-5-7-18)14-29(24(22)27-15-26-23)20-10-8-19(25)9-11-20/h3-11,14-17H,12-13H2,1-2H3/t16-,17+. The van der Waals surface area contributed by atoms with Gasteiger partial charge in [0.1, 0.15) is 12.1 Å². The Morgan fingerprint density at radius 2 is 1.63 bits per heavy atom. The molecule has 1 saturated heterocycles. The fourth-order valence-corrected chi connectivity index (χ4v) is 4.40. The van der Waals surface area contributed by atoms with Crippen LogP contribution in [0.4, 0.5) is 5.82 Å². The summed E-state index contributed by atoms with van der Waals surface area (Å²) >= 11 is 6.12. The summed E-state index contributed by atoms with van der Waals surface area (Å²) in [6.07, 6.45) is 4.10. The van der Waals surface area contributed by atoms with Crippen molar-refractivity contribution in [1.82, 2.24) is 14.5 Å². The van der Waals surface area contributed by atoms with E-state index in [1.54, 1.807) is 6.33 Å². The van der Waals surface area contributed by atoms with Crippen LogP contribution in [0.1, 0.15) is 13.8 Å². The Kier molecular flexibility index (Phi) is 4.93. The molecule has 152 valence electrons. The second-order valence-corrected chi connectivity index (χ2v) is 8.25. The minimum atomic E-state index is 0.150. The molecule has 4 aromatic rings. The van der Waals surface area contributed by atoms with E-state index in [2.05, 4.69) is 58.8 Å². The zero-order chi connectivity index (χ0) is 20.7. The Bertz CT molecular complexity index is 1160. The molecule has 0 spiro atoms. The smallest absolute Gasteiger partial charge is 0.150 e. The molecule has 6 heteroatoms. The molecule has 0 N–H and O–H groups in total. The van der Waals surface area contributed by atoms with Crippen LogP contribution in [-0.2, 0) is 4.74 Å². The number of benzene rings is 2. The van der Waals surface area contributed by atoms with Gasteiger partial charge in [0.15, 0.2) is 5.65 Å². The third-order valence-corrected chi connectivity index (χ3v) is 5.72. The molecule has 0 bridgehead atoms. The molecule has 0 amide bonds. The molecular weight excluding hydrogens is 396 g/mol. The van der Waals surface area contributed by atoms with E-state index < -0.39 is 0 Å². The molecule has 1 aliphatic heterocycles. The summed E-state index contributed by atoms with van der Waals surface area (Å²) in [5.74, 6) is 0.952. The van der Waals surface area contributed by atoms with Crippen molar-refractivity contribution >= 4 is 28.5 Å². The number of fused-ring (bicyclic) bond motifs is 1. The first kappa shape index (κ1) is 19.1. The lowest BCUT2D eigenvalue weighted by molar-refractivity contribution is -0.00537. The largest absolute Gasteiger partial charge is 0.372 e. The second-order valence-electron chi connectivity index (χ2n) is 7.81. The number of ether oxygens (including phenoxy) is 1. The van der Waals surface area contributed by atoms with Crippen LogP contribution >= 0.6 is 11.6 Å². The molecule has 1 aliphatic rings. The lowest BCUT2D eigenvalue weighted by Gasteiger charge is -2.36. The average molecular weight is 419 g/mol. The number of rotatable bonds is 3. The highest BCUT2D eigenvalue weighted by atomic mass is 35.5. The molecule has 0 saturated carbocycles. The number of halogens is 1. The van der Waals surface area contributed by atoms with Gasteiger partial charge in [-0.3, -0.25) is 0 Å². The summed E-state index contributed by atoms with van der Waals surface area (Å²) in [5.41, 5.74) is 4.15. The van der Waals surface area contributed by atoms with Crippen LogP contribution in [0.15, 0.2) is 67.1 Å². The number of morpholine rings is 1. The number of hydrogen-bond acceptors (Lipinski definition) is 4. The van der Waals surface area contributed by atoms with Gasteiger partial charge in [-0.2, -0.15) is 0 Å². The van der Waals surface area contributed by atoms with Gasteiger partial charge in [-0.25, -0.2) is 9.97 Å². The fraction of sp³-hybridized carbons (Fsp3) is 0.250. The molecule has 0 aliphatic carbocycles. The van der Waals surface area contributed by atoms with Gasteiger partial charge < -0.3 is 14.2 Å². The number of hydrogen-bond donors (Lipinski definition) is 0. The molecule has 30 heavy (non-hydrogen) atoms. The van der Waals surface area contributed by atoms with Gasteiger partial charge >= 0.3 is 0 Å². The van der Waals surface area contributed by atoms with Crippen molar-refractivity contribution in [3.8, 4) is 16.8 Å². The third-order valence-electron chi connectivity index (χ3n) is 5.47. The van der Waals surface area contributed by atoms with Crippen molar-refractivity contribution in [2.45, 2.75) is 26.1 Å². The van der Waals surface area contributed by atoms with Crippen LogP contribution in [0.25, 0.3) is 27.8 Å². The molecule has 2 aromatic heterocycles. The maximum Gasteiger partial charge on any atom is 0.150 e. The van der Waals surface area contributed by atoms with Crippen molar-refractivity contribution in [2.75, 3.05) is 18.0 Å². The fourth-order valence-electron chi connectivity index (χ4n) is 4.27. The zero-order valence-electron chi connectivity index (χ0n) is 17.0. The number of aromatic nitrogens is 3. The lowest BCUT2D eigenvalue weighted by Crippen LogP contribution is -2.46. The molecule has 5 rings (SSSR count). The van der Waals surface area contributed by atoms with Gasteiger partial charge in [0.25, 0.3) is 0 Å². The minimum Gasteiger partial charge on any atom is -0.372 e. The molecule has 3 heterocycles. The van der Waals surface area contributed by atoms with Gasteiger partial charge in [0.05, 0.1) is 17.6 Å². The predicted molar refractivity (Wildman–Crippen MR) is 122 cm³/mol. The summed E-state index contributed by atoms with van der Waals surface area (Å²) in [7, 11) is 0. The van der Waals surface area contributed by atoms with E-state index in [1.165, 1.54) is 0 Å². The topological polar surface area (TPSA) is 43.2 Å². The molecule has 5 nitrogen and oxygen atoms in total. The summed E-state index contributed by atoms with van der Waals surface area (Å²) in [5, 5.41) is 1.77. The molecule has 0 unspecified atom stereocenters. The van der Waals surface area contributed by atoms with E-state index in [0.717, 1.165) is 46.8 Å². The maximum atomic E-state index is 6.12. The highest BCUT2D eigenvalue weighted by molar-refractivity contribution is 6.30. The van der Waals surface area contributed by atoms with Crippen molar-refractivity contribution in [3.63, 3.8) is 0 Å². The Labute approximate surface area is 180 Å². The van der Waals surface area contributed by atoms with Crippen LogP contribution in [0.2, 0.25) is 5.02 Å². The quantitative estimate of drug-likeness (QED) is 0.449. The SMILES string of the molecule is C[C@@H]1CN(c2ncnc3c2c(-c2ccccc2)cn3-c2ccc(Cl)cc2)C[C@H](C)O1. The maximum absolute atomic E-state index is 6.12. The van der Waals surface area contributed by atoms with Crippen LogP contribution in [0.5, 0.6) is 0 Å². The van der Waals surface area contributed by atoms with Crippen molar-refractivity contribution in [2.24, 2.45) is 0 Å². The highest BCUT2D eigenvalue weighted by Gasteiger charge is 2.27. The van der Waals surface area contributed by atoms with Gasteiger partial charge in [0, 0.05) is 35.6 Å². The summed E-state index contributed by atoms with van der Waals surface area (Å²) < 4.78 is 8.07. The first-order valence-electron chi connectivity index (χ1n) is 10.2. The van der Waals surface area contributed by atoms with Crippen molar-refractivity contribution in [1.29, 1.82) is 0 Å². The summed E-state index contributed by atoms with van der Waals surface area (Å²) in [6.45, 7) is 5.82. The predicted octanol–water partition coefficient (Wildman–Crippen LogP) is 5.35. The Hall–Kier alpha value is -2.89. The first-order chi connectivity index (χ1) is 14.6. The monoisotopic (exact) mass is 418 g/mol. The van der Waals surface area contributed by atoms with Crippen LogP contribution in [-0.4, -0.2) is 39.8 Å². The average Bonchev–Trinajstić information content (AvgIpc) is 3.14. The van der Waals surface area contributed by atoms with E-state index in [4.69, 9.17) is 21.3 Å². The molecular formula is C24H23ClN4O. The van der Waals surface area contributed by atoms with Crippen LogP contribution in [0, 0.1) is 0 Å². The van der Waals surface area contributed by atoms with E-state index in [1.807, 2.05) is 30.3 Å². The lowest BCUT2D eigenvalue weighted by atomic mass is 10.1. The molecule has 0 radical (unpaired) electrons. The summed E-state index contributed by atoms with van der Waals surface area (Å²) in [4.78, 5) is 11.7. The minimum absolute atomic E-state index is 0.150. The van der Waals surface area contributed by atoms with Gasteiger partial charge in [0.2, 0.25) is 0 Å². The molecule has 2 aromatic carbocycles. The van der Waals surface area contributed by atoms with Crippen molar-refractivity contribution < 1.29 is 4.74 Å².